The van der Waals surface area contributed by atoms with Gasteiger partial charge >= 0.3 is 0 Å². The first-order valence-electron chi connectivity index (χ1n) is 2.88. The Bertz CT molecular complexity index is 398. The second-order valence-corrected chi connectivity index (χ2v) is 4.62. The Hall–Kier alpha value is -0.940. The normalized spacial score (nSPS) is 11.4. The second-order valence-electron chi connectivity index (χ2n) is 2.09. The molecule has 2 N–H and O–H groups in total. The van der Waals surface area contributed by atoms with Crippen LogP contribution in [0.15, 0.2) is 23.1 Å². The van der Waals surface area contributed by atoms with E-state index in [-0.39, 0.29) is 5.75 Å². The molecule has 0 radical (unpaired) electrons. The third-order valence-electron chi connectivity index (χ3n) is 1.21. The maximum absolute atomic E-state index is 10.7. The van der Waals surface area contributed by atoms with Crippen molar-refractivity contribution in [1.82, 2.24) is 0 Å². The van der Waals surface area contributed by atoms with E-state index in [9.17, 15) is 8.42 Å². The van der Waals surface area contributed by atoms with E-state index in [0.717, 1.165) is 18.2 Å². The van der Waals surface area contributed by atoms with Gasteiger partial charge in [0.25, 0.3) is 9.05 Å². The third-order valence-corrected chi connectivity index (χ3v) is 2.57. The molecule has 0 saturated carbocycles. The maximum Gasteiger partial charge on any atom is 0.264 e. The van der Waals surface area contributed by atoms with Crippen molar-refractivity contribution >= 4 is 19.7 Å². The summed E-state index contributed by atoms with van der Waals surface area (Å²) in [5.41, 5.74) is 0. The van der Waals surface area contributed by atoms with Crippen LogP contribution >= 0.6 is 10.7 Å². The molecule has 0 unspecified atom stereocenters. The van der Waals surface area contributed by atoms with Crippen LogP contribution in [0.3, 0.4) is 0 Å². The summed E-state index contributed by atoms with van der Waals surface area (Å²) >= 11 is 0. The van der Waals surface area contributed by atoms with Crippen molar-refractivity contribution in [3.05, 3.63) is 18.2 Å². The predicted octanol–water partition coefficient (Wildman–Crippen LogP) is 1.03. The minimum atomic E-state index is -3.94. The van der Waals surface area contributed by atoms with Gasteiger partial charge in [-0.05, 0) is 12.1 Å². The average molecular weight is 209 g/mol. The largest absolute Gasteiger partial charge is 0.508 e. The molecule has 0 bridgehead atoms. The zero-order chi connectivity index (χ0) is 9.35. The van der Waals surface area contributed by atoms with E-state index in [1.165, 1.54) is 0 Å². The first-order chi connectivity index (χ1) is 5.41. The summed E-state index contributed by atoms with van der Waals surface area (Å²) in [4.78, 5) is -0.415. The van der Waals surface area contributed by atoms with Crippen LogP contribution in [-0.2, 0) is 9.05 Å². The molecule has 0 atom stereocenters. The predicted molar refractivity (Wildman–Crippen MR) is 42.8 cm³/mol. The Morgan fingerprint density at radius 3 is 2.25 bits per heavy atom. The highest BCUT2D eigenvalue weighted by Gasteiger charge is 2.15. The van der Waals surface area contributed by atoms with Crippen LogP contribution in [0, 0.1) is 0 Å². The molecular weight excluding hydrogens is 204 g/mol. The summed E-state index contributed by atoms with van der Waals surface area (Å²) in [6.07, 6.45) is 0. The van der Waals surface area contributed by atoms with Gasteiger partial charge in [-0.3, -0.25) is 0 Å². The number of hydrogen-bond donors (Lipinski definition) is 2. The van der Waals surface area contributed by atoms with Crippen molar-refractivity contribution in [3.63, 3.8) is 0 Å². The number of halogens is 1. The van der Waals surface area contributed by atoms with Crippen molar-refractivity contribution < 1.29 is 18.6 Å². The summed E-state index contributed by atoms with van der Waals surface area (Å²) in [6, 6.07) is 3.04. The van der Waals surface area contributed by atoms with E-state index >= 15 is 0 Å². The molecule has 1 aromatic carbocycles. The molecular formula is C6H5ClO4S. The lowest BCUT2D eigenvalue weighted by atomic mass is 10.3. The van der Waals surface area contributed by atoms with E-state index in [4.69, 9.17) is 20.9 Å². The highest BCUT2D eigenvalue weighted by atomic mass is 35.7. The summed E-state index contributed by atoms with van der Waals surface area (Å²) in [5, 5.41) is 17.8. The van der Waals surface area contributed by atoms with E-state index in [0.29, 0.717) is 0 Å². The minimum Gasteiger partial charge on any atom is -0.508 e. The monoisotopic (exact) mass is 208 g/mol. The fourth-order valence-corrected chi connectivity index (χ4v) is 1.64. The Morgan fingerprint density at radius 2 is 1.83 bits per heavy atom. The van der Waals surface area contributed by atoms with E-state index in [2.05, 4.69) is 0 Å². The Kier molecular flexibility index (Phi) is 2.16. The van der Waals surface area contributed by atoms with Gasteiger partial charge in [0.15, 0.2) is 0 Å². The van der Waals surface area contributed by atoms with Crippen LogP contribution in [0.5, 0.6) is 11.5 Å². The fraction of sp³-hybridized carbons (Fsp3) is 0. The minimum absolute atomic E-state index is 0.225. The van der Waals surface area contributed by atoms with Crippen LogP contribution in [0.25, 0.3) is 0 Å². The lowest BCUT2D eigenvalue weighted by Crippen LogP contribution is -1.90. The van der Waals surface area contributed by atoms with Gasteiger partial charge in [0.1, 0.15) is 16.4 Å². The summed E-state index contributed by atoms with van der Waals surface area (Å²) in [6.45, 7) is 0. The average Bonchev–Trinajstić information content (AvgIpc) is 1.83. The van der Waals surface area contributed by atoms with Crippen LogP contribution < -0.4 is 0 Å². The number of hydrogen-bond acceptors (Lipinski definition) is 4. The van der Waals surface area contributed by atoms with E-state index < -0.39 is 19.7 Å². The van der Waals surface area contributed by atoms with Gasteiger partial charge in [-0.15, -0.1) is 0 Å². The lowest BCUT2D eigenvalue weighted by molar-refractivity contribution is 0.440. The molecule has 0 aliphatic rings. The molecule has 0 aliphatic heterocycles. The number of benzene rings is 1. The van der Waals surface area contributed by atoms with Gasteiger partial charge in [-0.1, -0.05) is 0 Å². The number of rotatable bonds is 1. The van der Waals surface area contributed by atoms with E-state index in [1.54, 1.807) is 0 Å². The molecule has 66 valence electrons. The van der Waals surface area contributed by atoms with Gasteiger partial charge in [0.05, 0.1) is 0 Å². The Labute approximate surface area is 73.5 Å². The van der Waals surface area contributed by atoms with Crippen molar-refractivity contribution in [1.29, 1.82) is 0 Å². The smallest absolute Gasteiger partial charge is 0.264 e. The Balaban J connectivity index is 3.39. The molecule has 0 aliphatic carbocycles. The fourth-order valence-electron chi connectivity index (χ4n) is 0.712. The first kappa shape index (κ1) is 9.15. The van der Waals surface area contributed by atoms with Crippen molar-refractivity contribution in [2.24, 2.45) is 0 Å². The van der Waals surface area contributed by atoms with Crippen molar-refractivity contribution in [2.75, 3.05) is 0 Å². The quantitative estimate of drug-likeness (QED) is 0.676. The van der Waals surface area contributed by atoms with Crippen molar-refractivity contribution in [3.8, 4) is 11.5 Å². The number of phenols is 2. The molecule has 0 saturated heterocycles. The topological polar surface area (TPSA) is 74.6 Å². The van der Waals surface area contributed by atoms with Gasteiger partial charge in [-0.2, -0.15) is 0 Å². The molecule has 1 aromatic rings. The zero-order valence-corrected chi connectivity index (χ0v) is 7.30. The molecule has 0 amide bonds. The molecule has 0 aromatic heterocycles. The van der Waals surface area contributed by atoms with Gasteiger partial charge in [0, 0.05) is 16.7 Å². The van der Waals surface area contributed by atoms with Gasteiger partial charge in [-0.25, -0.2) is 8.42 Å². The third kappa shape index (κ3) is 1.80. The lowest BCUT2D eigenvalue weighted by Gasteiger charge is -1.99. The molecule has 0 fully saturated rings. The molecule has 6 heteroatoms. The zero-order valence-electron chi connectivity index (χ0n) is 5.73. The summed E-state index contributed by atoms with van der Waals surface area (Å²) in [7, 11) is 1.01. The highest BCUT2D eigenvalue weighted by Crippen LogP contribution is 2.28. The molecule has 4 nitrogen and oxygen atoms in total. The van der Waals surface area contributed by atoms with Crippen molar-refractivity contribution in [2.45, 2.75) is 4.90 Å². The molecule has 0 heterocycles. The van der Waals surface area contributed by atoms with Crippen LogP contribution in [0.1, 0.15) is 0 Å². The van der Waals surface area contributed by atoms with E-state index in [1.807, 2.05) is 0 Å². The second kappa shape index (κ2) is 2.84. The SMILES string of the molecule is O=S(=O)(Cl)c1ccc(O)cc1O. The van der Waals surface area contributed by atoms with Crippen LogP contribution in [0.4, 0.5) is 0 Å². The summed E-state index contributed by atoms with van der Waals surface area (Å²) < 4.78 is 21.4. The number of phenolic OH excluding ortho intramolecular Hbond substituents is 2. The highest BCUT2D eigenvalue weighted by molar-refractivity contribution is 8.13. The first-order valence-corrected chi connectivity index (χ1v) is 5.19. The van der Waals surface area contributed by atoms with Crippen LogP contribution in [-0.4, -0.2) is 18.6 Å². The van der Waals surface area contributed by atoms with Gasteiger partial charge < -0.3 is 10.2 Å². The molecule has 1 rings (SSSR count). The van der Waals surface area contributed by atoms with Crippen LogP contribution in [0.2, 0.25) is 0 Å². The molecule has 12 heavy (non-hydrogen) atoms. The van der Waals surface area contributed by atoms with Gasteiger partial charge in [0.2, 0.25) is 0 Å². The summed E-state index contributed by atoms with van der Waals surface area (Å²) in [5.74, 6) is -0.790. The number of aromatic hydroxyl groups is 2. The molecule has 0 spiro atoms. The maximum atomic E-state index is 10.7. The standard InChI is InChI=1S/C6H5ClO4S/c7-12(10,11)6-2-1-4(8)3-5(6)9/h1-3,8-9H. The Morgan fingerprint density at radius 1 is 1.25 bits per heavy atom.